The lowest BCUT2D eigenvalue weighted by Crippen LogP contribution is -2.59. The lowest BCUT2D eigenvalue weighted by molar-refractivity contribution is -0.157. The summed E-state index contributed by atoms with van der Waals surface area (Å²) in [5, 5.41) is 8.05. The molecule has 1 saturated heterocycles. The van der Waals surface area contributed by atoms with Crippen molar-refractivity contribution in [3.63, 3.8) is 0 Å². The van der Waals surface area contributed by atoms with Crippen LogP contribution in [0.2, 0.25) is 0 Å². The molecule has 0 radical (unpaired) electrons. The monoisotopic (exact) mass is 621 g/mol. The second-order valence-electron chi connectivity index (χ2n) is 13.5. The number of fused-ring (bicyclic) bond motifs is 4. The van der Waals surface area contributed by atoms with Crippen LogP contribution in [0.3, 0.4) is 0 Å². The molecular formula is C34H47N5O6. The molecule has 45 heavy (non-hydrogen) atoms. The molecule has 2 aromatic rings. The van der Waals surface area contributed by atoms with E-state index in [-0.39, 0.29) is 37.1 Å². The van der Waals surface area contributed by atoms with Crippen molar-refractivity contribution in [1.82, 2.24) is 26.1 Å². The number of amides is 3. The normalized spacial score (nSPS) is 26.5. The minimum atomic E-state index is -0.814. The molecule has 2 aliphatic heterocycles. The summed E-state index contributed by atoms with van der Waals surface area (Å²) in [7, 11) is 0. The van der Waals surface area contributed by atoms with E-state index in [1.54, 1.807) is 13.8 Å². The number of nitrogens with one attached hydrogen (secondary N) is 3. The first-order valence-electron chi connectivity index (χ1n) is 15.8. The summed E-state index contributed by atoms with van der Waals surface area (Å²) in [5.74, 6) is -1.28. The summed E-state index contributed by atoms with van der Waals surface area (Å²) in [6.07, 6.45) is 5.51. The molecule has 244 valence electrons. The lowest BCUT2D eigenvalue weighted by atomic mass is 9.88. The van der Waals surface area contributed by atoms with Crippen LogP contribution in [0, 0.1) is 5.41 Å². The smallest absolute Gasteiger partial charge is 0.325 e. The highest BCUT2D eigenvalue weighted by atomic mass is 16.5. The first-order valence-corrected chi connectivity index (χ1v) is 15.8. The SMILES string of the molecule is C[C@@H]1NC(=O)CC(C)(C)CNC(=O)CC(C)(C)OCC/C=C/c2ccc3ccc(nc3c2)[C@@H](C)OC(=O)[C@@H]2CCCN(N2)C1=O. The molecule has 3 heterocycles. The summed E-state index contributed by atoms with van der Waals surface area (Å²) < 4.78 is 11.8. The van der Waals surface area contributed by atoms with Gasteiger partial charge >= 0.3 is 5.97 Å². The Morgan fingerprint density at radius 1 is 0.978 bits per heavy atom. The van der Waals surface area contributed by atoms with E-state index < -0.39 is 35.2 Å². The zero-order chi connectivity index (χ0) is 32.8. The number of hydrogen-bond acceptors (Lipinski definition) is 8. The lowest BCUT2D eigenvalue weighted by Gasteiger charge is -2.35. The van der Waals surface area contributed by atoms with Gasteiger partial charge < -0.3 is 20.1 Å². The number of rotatable bonds is 0. The van der Waals surface area contributed by atoms with Crippen molar-refractivity contribution < 1.29 is 28.7 Å². The predicted molar refractivity (Wildman–Crippen MR) is 171 cm³/mol. The number of hydrogen-bond donors (Lipinski definition) is 3. The Bertz CT molecular complexity index is 1440. The number of carbonyl (C=O) groups excluding carboxylic acids is 4. The van der Waals surface area contributed by atoms with Gasteiger partial charge in [0.25, 0.3) is 5.91 Å². The molecule has 4 rings (SSSR count). The van der Waals surface area contributed by atoms with Crippen LogP contribution < -0.4 is 16.1 Å². The summed E-state index contributed by atoms with van der Waals surface area (Å²) in [6, 6.07) is 8.29. The number of ether oxygens (including phenoxy) is 2. The van der Waals surface area contributed by atoms with E-state index in [1.165, 1.54) is 5.01 Å². The number of aromatic nitrogens is 1. The molecule has 1 aromatic heterocycles. The Kier molecular flexibility index (Phi) is 11.0. The average Bonchev–Trinajstić information content (AvgIpc) is 2.98. The molecule has 3 atom stereocenters. The van der Waals surface area contributed by atoms with Crippen LogP contribution in [-0.2, 0) is 28.7 Å². The maximum absolute atomic E-state index is 13.2. The van der Waals surface area contributed by atoms with Crippen LogP contribution in [0.4, 0.5) is 0 Å². The molecule has 2 aliphatic rings. The zero-order valence-corrected chi connectivity index (χ0v) is 27.3. The van der Waals surface area contributed by atoms with E-state index in [1.807, 2.05) is 70.2 Å². The van der Waals surface area contributed by atoms with Crippen molar-refractivity contribution in [2.24, 2.45) is 5.41 Å². The topological polar surface area (TPSA) is 139 Å². The first kappa shape index (κ1) is 34.1. The second-order valence-corrected chi connectivity index (χ2v) is 13.5. The Hall–Kier alpha value is -3.83. The number of esters is 1. The minimum Gasteiger partial charge on any atom is -0.455 e. The molecule has 0 spiro atoms. The van der Waals surface area contributed by atoms with Gasteiger partial charge in [0.05, 0.1) is 29.8 Å². The minimum absolute atomic E-state index is 0.111. The van der Waals surface area contributed by atoms with Gasteiger partial charge in [0.15, 0.2) is 0 Å². The second kappa shape index (κ2) is 14.5. The van der Waals surface area contributed by atoms with Gasteiger partial charge in [0, 0.05) is 24.9 Å². The number of nitrogens with zero attached hydrogens (tertiary/aromatic N) is 2. The van der Waals surface area contributed by atoms with E-state index in [4.69, 9.17) is 14.5 Å². The molecule has 0 saturated carbocycles. The van der Waals surface area contributed by atoms with E-state index >= 15 is 0 Å². The Morgan fingerprint density at radius 2 is 1.73 bits per heavy atom. The number of carbonyl (C=O) groups is 4. The molecule has 0 unspecified atom stereocenters. The Morgan fingerprint density at radius 3 is 2.51 bits per heavy atom. The molecule has 1 aromatic carbocycles. The van der Waals surface area contributed by atoms with Crippen molar-refractivity contribution in [3.8, 4) is 0 Å². The number of hydrazine groups is 1. The van der Waals surface area contributed by atoms with Gasteiger partial charge in [-0.15, -0.1) is 0 Å². The summed E-state index contributed by atoms with van der Waals surface area (Å²) >= 11 is 0. The maximum Gasteiger partial charge on any atom is 0.325 e. The third-order valence-electron chi connectivity index (χ3n) is 8.01. The van der Waals surface area contributed by atoms with Crippen molar-refractivity contribution >= 4 is 40.7 Å². The molecule has 0 aliphatic carbocycles. The third-order valence-corrected chi connectivity index (χ3v) is 8.01. The largest absolute Gasteiger partial charge is 0.455 e. The van der Waals surface area contributed by atoms with Crippen molar-refractivity contribution in [2.45, 2.75) is 97.4 Å². The summed E-state index contributed by atoms with van der Waals surface area (Å²) in [6.45, 7) is 12.1. The van der Waals surface area contributed by atoms with Gasteiger partial charge in [-0.3, -0.25) is 24.2 Å². The predicted octanol–water partition coefficient (Wildman–Crippen LogP) is 3.97. The summed E-state index contributed by atoms with van der Waals surface area (Å²) in [5.41, 5.74) is 4.17. The molecule has 3 amide bonds. The van der Waals surface area contributed by atoms with Crippen LogP contribution >= 0.6 is 0 Å². The van der Waals surface area contributed by atoms with Gasteiger partial charge in [0.1, 0.15) is 18.2 Å². The van der Waals surface area contributed by atoms with E-state index in [0.29, 0.717) is 38.1 Å². The standard InChI is InChI=1S/C34H47N5O6/c1-22-31(42)39-16-9-11-27(38-39)32(43)45-23(2)26-15-14-25-13-12-24(18-28(25)37-26)10-7-8-17-44-34(5,6)20-29(40)35-21-33(3,4)19-30(41)36-22/h7,10,12-15,18,22-23,27,38H,8-9,11,16-17,19-21H2,1-6H3,(H,35,40)(H,36,41)/b10-7+/t22-,23+,27-/m0/s1. The van der Waals surface area contributed by atoms with Gasteiger partial charge in [-0.2, -0.15) is 0 Å². The Labute approximate surface area is 265 Å². The van der Waals surface area contributed by atoms with Crippen molar-refractivity contribution in [2.75, 3.05) is 19.7 Å². The fourth-order valence-corrected chi connectivity index (χ4v) is 5.46. The van der Waals surface area contributed by atoms with E-state index in [9.17, 15) is 19.2 Å². The summed E-state index contributed by atoms with van der Waals surface area (Å²) in [4.78, 5) is 56.7. The molecule has 11 nitrogen and oxygen atoms in total. The average molecular weight is 622 g/mol. The molecule has 5 bridgehead atoms. The van der Waals surface area contributed by atoms with Crippen LogP contribution in [0.15, 0.2) is 36.4 Å². The molecule has 1 fully saturated rings. The zero-order valence-electron chi connectivity index (χ0n) is 27.3. The van der Waals surface area contributed by atoms with E-state index in [2.05, 4.69) is 16.1 Å². The number of cyclic esters (lactones) is 1. The molecular weight excluding hydrogens is 574 g/mol. The maximum atomic E-state index is 13.2. The van der Waals surface area contributed by atoms with Crippen LogP contribution in [-0.4, -0.2) is 71.1 Å². The fourth-order valence-electron chi connectivity index (χ4n) is 5.46. The number of pyridine rings is 1. The van der Waals surface area contributed by atoms with Gasteiger partial charge in [-0.25, -0.2) is 10.4 Å². The molecule has 3 N–H and O–H groups in total. The highest BCUT2D eigenvalue weighted by molar-refractivity contribution is 5.88. The van der Waals surface area contributed by atoms with Gasteiger partial charge in [-0.05, 0) is 70.1 Å². The highest BCUT2D eigenvalue weighted by Gasteiger charge is 2.33. The van der Waals surface area contributed by atoms with Crippen LogP contribution in [0.1, 0.15) is 91.0 Å². The van der Waals surface area contributed by atoms with Gasteiger partial charge in [-0.1, -0.05) is 44.2 Å². The van der Waals surface area contributed by atoms with Crippen LogP contribution in [0.5, 0.6) is 0 Å². The Balaban J connectivity index is 1.53. The van der Waals surface area contributed by atoms with Crippen molar-refractivity contribution in [1.29, 1.82) is 0 Å². The van der Waals surface area contributed by atoms with Gasteiger partial charge in [0.2, 0.25) is 11.8 Å². The van der Waals surface area contributed by atoms with Crippen LogP contribution in [0.25, 0.3) is 17.0 Å². The third kappa shape index (κ3) is 9.83. The fraction of sp³-hybridized carbons (Fsp3) is 0.559. The first-order chi connectivity index (χ1) is 21.2. The van der Waals surface area contributed by atoms with Crippen molar-refractivity contribution in [3.05, 3.63) is 47.7 Å². The highest BCUT2D eigenvalue weighted by Crippen LogP contribution is 2.23. The van der Waals surface area contributed by atoms with E-state index in [0.717, 1.165) is 16.5 Å². The molecule has 11 heteroatoms. The quantitative estimate of drug-likeness (QED) is 0.376. The number of benzene rings is 1.